The second-order valence-corrected chi connectivity index (χ2v) is 4.54. The molecular weight excluding hydrogens is 172 g/mol. The predicted molar refractivity (Wildman–Crippen MR) is 62.3 cm³/mol. The monoisotopic (exact) mass is 198 g/mol. The van der Waals surface area contributed by atoms with Crippen molar-refractivity contribution >= 4 is 0 Å². The van der Waals surface area contributed by atoms with Gasteiger partial charge in [0, 0.05) is 6.04 Å². The van der Waals surface area contributed by atoms with Gasteiger partial charge in [-0.15, -0.1) is 0 Å². The van der Waals surface area contributed by atoms with Crippen LogP contribution in [0.1, 0.15) is 46.0 Å². The van der Waals surface area contributed by atoms with Gasteiger partial charge in [0.05, 0.1) is 0 Å². The molecule has 0 aromatic carbocycles. The second-order valence-electron chi connectivity index (χ2n) is 4.54. The molecule has 1 rings (SSSR count). The molecule has 1 heterocycles. The molecule has 2 atom stereocenters. The highest BCUT2D eigenvalue weighted by atomic mass is 15.2. The van der Waals surface area contributed by atoms with E-state index in [2.05, 4.69) is 18.7 Å². The highest BCUT2D eigenvalue weighted by Crippen LogP contribution is 2.21. The van der Waals surface area contributed by atoms with Crippen molar-refractivity contribution in [3.63, 3.8) is 0 Å². The van der Waals surface area contributed by atoms with Crippen molar-refractivity contribution in [2.24, 2.45) is 11.7 Å². The topological polar surface area (TPSA) is 29.3 Å². The fourth-order valence-electron chi connectivity index (χ4n) is 2.49. The van der Waals surface area contributed by atoms with E-state index < -0.39 is 0 Å². The van der Waals surface area contributed by atoms with Gasteiger partial charge >= 0.3 is 0 Å². The molecule has 0 aromatic heterocycles. The first-order valence-electron chi connectivity index (χ1n) is 6.25. The van der Waals surface area contributed by atoms with E-state index in [0.29, 0.717) is 0 Å². The van der Waals surface area contributed by atoms with E-state index in [1.807, 2.05) is 0 Å². The lowest BCUT2D eigenvalue weighted by atomic mass is 10.0. The molecular formula is C12H26N2. The summed E-state index contributed by atoms with van der Waals surface area (Å²) in [4.78, 5) is 2.66. The lowest BCUT2D eigenvalue weighted by molar-refractivity contribution is 0.228. The summed E-state index contributed by atoms with van der Waals surface area (Å²) in [5.41, 5.74) is 5.72. The average molecular weight is 198 g/mol. The predicted octanol–water partition coefficient (Wildman–Crippen LogP) is 2.24. The quantitative estimate of drug-likeness (QED) is 0.709. The van der Waals surface area contributed by atoms with Crippen LogP contribution in [0.5, 0.6) is 0 Å². The Labute approximate surface area is 88.8 Å². The van der Waals surface area contributed by atoms with Crippen LogP contribution in [-0.4, -0.2) is 30.6 Å². The van der Waals surface area contributed by atoms with Crippen LogP contribution in [0.3, 0.4) is 0 Å². The third-order valence-corrected chi connectivity index (χ3v) is 3.71. The molecule has 0 aromatic rings. The van der Waals surface area contributed by atoms with Crippen LogP contribution in [-0.2, 0) is 0 Å². The third-order valence-electron chi connectivity index (χ3n) is 3.71. The fourth-order valence-corrected chi connectivity index (χ4v) is 2.49. The highest BCUT2D eigenvalue weighted by molar-refractivity contribution is 4.78. The van der Waals surface area contributed by atoms with Gasteiger partial charge in [0.2, 0.25) is 0 Å². The molecule has 84 valence electrons. The van der Waals surface area contributed by atoms with Gasteiger partial charge < -0.3 is 10.6 Å². The minimum Gasteiger partial charge on any atom is -0.330 e. The van der Waals surface area contributed by atoms with Gasteiger partial charge in [0.15, 0.2) is 0 Å². The number of likely N-dealkylation sites (tertiary alicyclic amines) is 1. The van der Waals surface area contributed by atoms with E-state index in [9.17, 15) is 0 Å². The zero-order valence-electron chi connectivity index (χ0n) is 9.84. The van der Waals surface area contributed by atoms with Crippen LogP contribution in [0.25, 0.3) is 0 Å². The first-order chi connectivity index (χ1) is 6.81. The zero-order chi connectivity index (χ0) is 10.4. The fraction of sp³-hybridized carbons (Fsp3) is 1.00. The number of nitrogens with zero attached hydrogens (tertiary/aromatic N) is 1. The van der Waals surface area contributed by atoms with Gasteiger partial charge in [-0.2, -0.15) is 0 Å². The van der Waals surface area contributed by atoms with E-state index in [0.717, 1.165) is 18.5 Å². The smallest absolute Gasteiger partial charge is 0.00931 e. The molecule has 0 saturated carbocycles. The number of rotatable bonds is 6. The van der Waals surface area contributed by atoms with Gasteiger partial charge in [0.1, 0.15) is 0 Å². The molecule has 1 fully saturated rings. The molecule has 1 aliphatic rings. The van der Waals surface area contributed by atoms with Crippen molar-refractivity contribution in [2.45, 2.75) is 52.0 Å². The van der Waals surface area contributed by atoms with Crippen LogP contribution in [0.15, 0.2) is 0 Å². The lowest BCUT2D eigenvalue weighted by Gasteiger charge is -2.25. The van der Waals surface area contributed by atoms with Crippen molar-refractivity contribution in [2.75, 3.05) is 19.6 Å². The largest absolute Gasteiger partial charge is 0.330 e. The van der Waals surface area contributed by atoms with E-state index in [1.165, 1.54) is 45.2 Å². The maximum Gasteiger partial charge on any atom is 0.00931 e. The third kappa shape index (κ3) is 3.25. The lowest BCUT2D eigenvalue weighted by Crippen LogP contribution is -2.31. The molecule has 14 heavy (non-hydrogen) atoms. The van der Waals surface area contributed by atoms with Crippen LogP contribution in [0.2, 0.25) is 0 Å². The molecule has 2 unspecified atom stereocenters. The van der Waals surface area contributed by atoms with Gasteiger partial charge in [-0.3, -0.25) is 0 Å². The number of nitrogens with two attached hydrogens (primary N) is 1. The Kier molecular flexibility index (Phi) is 5.49. The van der Waals surface area contributed by atoms with Crippen molar-refractivity contribution < 1.29 is 0 Å². The second kappa shape index (κ2) is 6.41. The Hall–Kier alpha value is -0.0800. The number of hydrogen-bond donors (Lipinski definition) is 1. The molecule has 2 N–H and O–H groups in total. The van der Waals surface area contributed by atoms with Crippen molar-refractivity contribution in [1.82, 2.24) is 4.90 Å². The normalized spacial score (nSPS) is 25.5. The minimum absolute atomic E-state index is 0.744. The molecule has 0 amide bonds. The number of hydrogen-bond acceptors (Lipinski definition) is 2. The Morgan fingerprint density at radius 1 is 1.43 bits per heavy atom. The summed E-state index contributed by atoms with van der Waals surface area (Å²) in [6.45, 7) is 8.01. The molecule has 1 aliphatic heterocycles. The summed E-state index contributed by atoms with van der Waals surface area (Å²) in [5.74, 6) is 0.744. The SMILES string of the molecule is CCC(CN)CCN1CCCC1CC. The van der Waals surface area contributed by atoms with E-state index in [4.69, 9.17) is 5.73 Å². The van der Waals surface area contributed by atoms with Crippen LogP contribution >= 0.6 is 0 Å². The Morgan fingerprint density at radius 2 is 2.21 bits per heavy atom. The van der Waals surface area contributed by atoms with Gasteiger partial charge in [-0.1, -0.05) is 20.3 Å². The Bertz CT molecular complexity index is 143. The summed E-state index contributed by atoms with van der Waals surface area (Å²) in [5, 5.41) is 0. The van der Waals surface area contributed by atoms with Crippen LogP contribution < -0.4 is 5.73 Å². The minimum atomic E-state index is 0.744. The van der Waals surface area contributed by atoms with E-state index in [1.54, 1.807) is 0 Å². The summed E-state index contributed by atoms with van der Waals surface area (Å²) >= 11 is 0. The molecule has 2 heteroatoms. The van der Waals surface area contributed by atoms with E-state index in [-0.39, 0.29) is 0 Å². The summed E-state index contributed by atoms with van der Waals surface area (Å²) in [6, 6.07) is 0.866. The first kappa shape index (κ1) is 12.0. The molecule has 1 saturated heterocycles. The van der Waals surface area contributed by atoms with E-state index >= 15 is 0 Å². The van der Waals surface area contributed by atoms with Gasteiger partial charge in [-0.05, 0) is 51.2 Å². The van der Waals surface area contributed by atoms with Crippen molar-refractivity contribution in [3.05, 3.63) is 0 Å². The molecule has 2 nitrogen and oxygen atoms in total. The van der Waals surface area contributed by atoms with Crippen molar-refractivity contribution in [3.8, 4) is 0 Å². The summed E-state index contributed by atoms with van der Waals surface area (Å²) in [7, 11) is 0. The summed E-state index contributed by atoms with van der Waals surface area (Å²) in [6.07, 6.45) is 6.66. The maximum absolute atomic E-state index is 5.72. The Morgan fingerprint density at radius 3 is 2.79 bits per heavy atom. The average Bonchev–Trinajstić information content (AvgIpc) is 2.67. The van der Waals surface area contributed by atoms with Crippen LogP contribution in [0, 0.1) is 5.92 Å². The van der Waals surface area contributed by atoms with Gasteiger partial charge in [-0.25, -0.2) is 0 Å². The zero-order valence-corrected chi connectivity index (χ0v) is 9.84. The van der Waals surface area contributed by atoms with Crippen molar-refractivity contribution in [1.29, 1.82) is 0 Å². The first-order valence-corrected chi connectivity index (χ1v) is 6.25. The highest BCUT2D eigenvalue weighted by Gasteiger charge is 2.22. The molecule has 0 radical (unpaired) electrons. The molecule has 0 spiro atoms. The molecule has 0 aliphatic carbocycles. The summed E-state index contributed by atoms with van der Waals surface area (Å²) < 4.78 is 0. The molecule has 0 bridgehead atoms. The standard InChI is InChI=1S/C12H26N2/c1-3-11(10-13)7-9-14-8-5-6-12(14)4-2/h11-12H,3-10,13H2,1-2H3. The van der Waals surface area contributed by atoms with Crippen LogP contribution in [0.4, 0.5) is 0 Å². The van der Waals surface area contributed by atoms with Gasteiger partial charge in [0.25, 0.3) is 0 Å². The maximum atomic E-state index is 5.72. The Balaban J connectivity index is 2.22.